The summed E-state index contributed by atoms with van der Waals surface area (Å²) in [6, 6.07) is 0. The highest BCUT2D eigenvalue weighted by Crippen LogP contribution is 2.42. The van der Waals surface area contributed by atoms with Gasteiger partial charge in [-0.25, -0.2) is 8.42 Å². The molecule has 2 heterocycles. The van der Waals surface area contributed by atoms with Gasteiger partial charge in [-0.2, -0.15) is 0 Å². The molecule has 0 amide bonds. The van der Waals surface area contributed by atoms with Crippen LogP contribution in [0.1, 0.15) is 20.8 Å². The van der Waals surface area contributed by atoms with E-state index in [2.05, 4.69) is 5.32 Å². The zero-order chi connectivity index (χ0) is 12.9. The van der Waals surface area contributed by atoms with E-state index in [1.807, 2.05) is 0 Å². The van der Waals surface area contributed by atoms with Crippen LogP contribution in [0.25, 0.3) is 0 Å². The molecule has 17 heavy (non-hydrogen) atoms. The van der Waals surface area contributed by atoms with Gasteiger partial charge in [-0.15, -0.1) is 0 Å². The first kappa shape index (κ1) is 12.8. The summed E-state index contributed by atoms with van der Waals surface area (Å²) in [5, 5.41) is 3.06. The number of ether oxygens (including phenoxy) is 1. The van der Waals surface area contributed by atoms with Crippen LogP contribution in [-0.4, -0.2) is 44.6 Å². The van der Waals surface area contributed by atoms with E-state index in [-0.39, 0.29) is 17.5 Å². The Labute approximate surface area is 102 Å². The number of rotatable bonds is 1. The van der Waals surface area contributed by atoms with Crippen LogP contribution in [-0.2, 0) is 19.4 Å². The van der Waals surface area contributed by atoms with Crippen LogP contribution in [0.3, 0.4) is 0 Å². The molecular weight excluding hydrogens is 242 g/mol. The van der Waals surface area contributed by atoms with Crippen molar-refractivity contribution in [3.05, 3.63) is 0 Å². The monoisotopic (exact) mass is 261 g/mol. The highest BCUT2D eigenvalue weighted by atomic mass is 32.2. The lowest BCUT2D eigenvalue weighted by atomic mass is 9.73. The molecule has 2 rings (SSSR count). The topological polar surface area (TPSA) is 72.5 Å². The van der Waals surface area contributed by atoms with Gasteiger partial charge in [0.25, 0.3) is 0 Å². The van der Waals surface area contributed by atoms with Crippen molar-refractivity contribution < 1.29 is 17.9 Å². The van der Waals surface area contributed by atoms with Crippen molar-refractivity contribution in [3.63, 3.8) is 0 Å². The third kappa shape index (κ3) is 2.47. The van der Waals surface area contributed by atoms with Gasteiger partial charge in [-0.3, -0.25) is 4.79 Å². The van der Waals surface area contributed by atoms with Crippen molar-refractivity contribution in [2.75, 3.05) is 24.6 Å². The van der Waals surface area contributed by atoms with Gasteiger partial charge in [0.1, 0.15) is 5.60 Å². The van der Waals surface area contributed by atoms with Crippen molar-refractivity contribution in [1.82, 2.24) is 5.32 Å². The molecule has 2 aliphatic rings. The molecule has 0 saturated carbocycles. The second kappa shape index (κ2) is 3.68. The van der Waals surface area contributed by atoms with Gasteiger partial charge in [-0.05, 0) is 20.8 Å². The highest BCUT2D eigenvalue weighted by molar-refractivity contribution is 7.91. The Bertz CT molecular complexity index is 431. The maximum atomic E-state index is 12.0. The quantitative estimate of drug-likeness (QED) is 0.671. The van der Waals surface area contributed by atoms with E-state index in [4.69, 9.17) is 4.74 Å². The summed E-state index contributed by atoms with van der Waals surface area (Å²) in [5.41, 5.74) is -0.983. The molecule has 0 aliphatic carbocycles. The SMILES string of the molecule is CC(C)(C)OC(=O)C1CS(=O)(=O)CC12CNC2. The van der Waals surface area contributed by atoms with E-state index < -0.39 is 26.8 Å². The van der Waals surface area contributed by atoms with Gasteiger partial charge in [0.2, 0.25) is 0 Å². The van der Waals surface area contributed by atoms with Crippen LogP contribution in [0.5, 0.6) is 0 Å². The van der Waals surface area contributed by atoms with Gasteiger partial charge < -0.3 is 10.1 Å². The fourth-order valence-corrected chi connectivity index (χ4v) is 4.91. The molecule has 6 heteroatoms. The molecule has 0 aromatic carbocycles. The van der Waals surface area contributed by atoms with Crippen LogP contribution in [0.15, 0.2) is 0 Å². The number of nitrogens with one attached hydrogen (secondary N) is 1. The predicted molar refractivity (Wildman–Crippen MR) is 63.3 cm³/mol. The maximum Gasteiger partial charge on any atom is 0.311 e. The number of esters is 1. The summed E-state index contributed by atoms with van der Waals surface area (Å²) in [4.78, 5) is 12.0. The Morgan fingerprint density at radius 2 is 1.94 bits per heavy atom. The summed E-state index contributed by atoms with van der Waals surface area (Å²) >= 11 is 0. The van der Waals surface area contributed by atoms with Gasteiger partial charge >= 0.3 is 5.97 Å². The lowest BCUT2D eigenvalue weighted by molar-refractivity contribution is -0.164. The summed E-state index contributed by atoms with van der Waals surface area (Å²) in [6.07, 6.45) is 0. The molecular formula is C11H19NO4S. The smallest absolute Gasteiger partial charge is 0.311 e. The zero-order valence-corrected chi connectivity index (χ0v) is 11.3. The minimum Gasteiger partial charge on any atom is -0.460 e. The molecule has 0 aromatic rings. The molecule has 0 aromatic heterocycles. The maximum absolute atomic E-state index is 12.0. The fraction of sp³-hybridized carbons (Fsp3) is 0.909. The van der Waals surface area contributed by atoms with E-state index in [0.29, 0.717) is 13.1 Å². The molecule has 98 valence electrons. The normalized spacial score (nSPS) is 29.9. The number of carbonyl (C=O) groups is 1. The zero-order valence-electron chi connectivity index (χ0n) is 10.4. The average Bonchev–Trinajstić information content (AvgIpc) is 2.33. The molecule has 1 spiro atoms. The van der Waals surface area contributed by atoms with Crippen LogP contribution in [0.4, 0.5) is 0 Å². The molecule has 0 radical (unpaired) electrons. The van der Waals surface area contributed by atoms with Gasteiger partial charge in [-0.1, -0.05) is 0 Å². The molecule has 1 N–H and O–H groups in total. The summed E-state index contributed by atoms with van der Waals surface area (Å²) in [7, 11) is -3.11. The van der Waals surface area contributed by atoms with Crippen molar-refractivity contribution in [3.8, 4) is 0 Å². The minimum absolute atomic E-state index is 0.0659. The van der Waals surface area contributed by atoms with Gasteiger partial charge in [0.15, 0.2) is 9.84 Å². The Hall–Kier alpha value is -0.620. The third-order valence-electron chi connectivity index (χ3n) is 3.31. The van der Waals surface area contributed by atoms with E-state index in [9.17, 15) is 13.2 Å². The lowest BCUT2D eigenvalue weighted by Gasteiger charge is -2.42. The Morgan fingerprint density at radius 1 is 1.35 bits per heavy atom. The Balaban J connectivity index is 2.17. The second-order valence-electron chi connectivity index (χ2n) is 6.11. The summed E-state index contributed by atoms with van der Waals surface area (Å²) < 4.78 is 28.7. The molecule has 2 saturated heterocycles. The third-order valence-corrected chi connectivity index (χ3v) is 5.17. The van der Waals surface area contributed by atoms with Crippen molar-refractivity contribution >= 4 is 15.8 Å². The van der Waals surface area contributed by atoms with E-state index >= 15 is 0 Å². The highest BCUT2D eigenvalue weighted by Gasteiger charge is 2.57. The number of hydrogen-bond acceptors (Lipinski definition) is 5. The standard InChI is InChI=1S/C11H19NO4S/c1-10(2,3)16-9(13)8-4-17(14,15)7-11(8)5-12-6-11/h8,12H,4-7H2,1-3H3. The molecule has 0 bridgehead atoms. The molecule has 1 unspecified atom stereocenters. The first-order valence-corrected chi connectivity index (χ1v) is 7.60. The Morgan fingerprint density at radius 3 is 2.35 bits per heavy atom. The van der Waals surface area contributed by atoms with Crippen molar-refractivity contribution in [2.45, 2.75) is 26.4 Å². The fourth-order valence-electron chi connectivity index (χ4n) is 2.51. The largest absolute Gasteiger partial charge is 0.460 e. The summed E-state index contributed by atoms with van der Waals surface area (Å²) in [5.74, 6) is -0.839. The van der Waals surface area contributed by atoms with E-state index in [1.165, 1.54) is 0 Å². The molecule has 5 nitrogen and oxygen atoms in total. The number of carbonyl (C=O) groups excluding carboxylic acids is 1. The minimum atomic E-state index is -3.11. The first-order valence-electron chi connectivity index (χ1n) is 5.78. The van der Waals surface area contributed by atoms with Crippen LogP contribution >= 0.6 is 0 Å². The van der Waals surface area contributed by atoms with Crippen LogP contribution < -0.4 is 5.32 Å². The van der Waals surface area contributed by atoms with Gasteiger partial charge in [0, 0.05) is 18.5 Å². The lowest BCUT2D eigenvalue weighted by Crippen LogP contribution is -2.59. The molecule has 2 aliphatic heterocycles. The molecule has 2 fully saturated rings. The van der Waals surface area contributed by atoms with E-state index in [1.54, 1.807) is 20.8 Å². The van der Waals surface area contributed by atoms with Crippen molar-refractivity contribution in [1.29, 1.82) is 0 Å². The van der Waals surface area contributed by atoms with Crippen LogP contribution in [0.2, 0.25) is 0 Å². The first-order chi connectivity index (χ1) is 7.64. The molecule has 1 atom stereocenters. The summed E-state index contributed by atoms with van der Waals surface area (Å²) in [6.45, 7) is 6.56. The number of sulfone groups is 1. The van der Waals surface area contributed by atoms with E-state index in [0.717, 1.165) is 0 Å². The second-order valence-corrected chi connectivity index (χ2v) is 8.22. The number of hydrogen-bond donors (Lipinski definition) is 1. The van der Waals surface area contributed by atoms with Gasteiger partial charge in [0.05, 0.1) is 17.4 Å². The average molecular weight is 261 g/mol. The van der Waals surface area contributed by atoms with Crippen molar-refractivity contribution in [2.24, 2.45) is 11.3 Å². The predicted octanol–water partition coefficient (Wildman–Crippen LogP) is -0.0377. The Kier molecular flexibility index (Phi) is 2.78. The van der Waals surface area contributed by atoms with Crippen LogP contribution in [0, 0.1) is 11.3 Å².